The Balaban J connectivity index is 1.90. The topological polar surface area (TPSA) is 110 Å². The van der Waals surface area contributed by atoms with E-state index in [0.29, 0.717) is 23.4 Å². The summed E-state index contributed by atoms with van der Waals surface area (Å²) in [6, 6.07) is 11.9. The number of nitrogens with one attached hydrogen (secondary N) is 2. The van der Waals surface area contributed by atoms with E-state index < -0.39 is 15.6 Å². The van der Waals surface area contributed by atoms with Crippen molar-refractivity contribution in [2.45, 2.75) is 25.2 Å². The molecule has 0 aliphatic rings. The fourth-order valence-corrected chi connectivity index (χ4v) is 4.01. The van der Waals surface area contributed by atoms with Crippen LogP contribution in [-0.4, -0.2) is 32.6 Å². The molecule has 0 aliphatic heterocycles. The molecule has 158 valence electrons. The lowest BCUT2D eigenvalue weighted by atomic mass is 10.0. The predicted octanol–water partition coefficient (Wildman–Crippen LogP) is 2.80. The molecule has 2 aromatic carbocycles. The molecular weight excluding hydrogens is 406 g/mol. The van der Waals surface area contributed by atoms with Gasteiger partial charge in [-0.1, -0.05) is 24.3 Å². The number of aryl methyl sites for hydroxylation is 2. The van der Waals surface area contributed by atoms with Crippen LogP contribution in [0, 0.1) is 13.8 Å². The van der Waals surface area contributed by atoms with Crippen LogP contribution < -0.4 is 19.8 Å². The Morgan fingerprint density at radius 3 is 2.37 bits per heavy atom. The third-order valence-corrected chi connectivity index (χ3v) is 6.08. The number of anilines is 1. The quantitative estimate of drug-likeness (QED) is 0.598. The summed E-state index contributed by atoms with van der Waals surface area (Å²) in [5.74, 6) is 0.520. The molecule has 0 saturated carbocycles. The van der Waals surface area contributed by atoms with E-state index in [0.717, 1.165) is 11.1 Å². The van der Waals surface area contributed by atoms with E-state index in [1.54, 1.807) is 6.92 Å². The summed E-state index contributed by atoms with van der Waals surface area (Å²) < 4.78 is 38.1. The average molecular weight is 429 g/mol. The van der Waals surface area contributed by atoms with Gasteiger partial charge in [-0.15, -0.1) is 0 Å². The van der Waals surface area contributed by atoms with Crippen molar-refractivity contribution in [3.8, 4) is 11.5 Å². The number of nitrogens with zero attached hydrogens (tertiary/aromatic N) is 1. The average Bonchev–Trinajstić information content (AvgIpc) is 2.71. The monoisotopic (exact) mass is 429 g/mol. The van der Waals surface area contributed by atoms with Gasteiger partial charge in [-0.25, -0.2) is 18.1 Å². The minimum absolute atomic E-state index is 0.0514. The van der Waals surface area contributed by atoms with Crippen LogP contribution in [0.5, 0.6) is 11.5 Å². The second kappa shape index (κ2) is 8.58. The van der Waals surface area contributed by atoms with E-state index in [2.05, 4.69) is 14.7 Å². The highest BCUT2D eigenvalue weighted by Crippen LogP contribution is 2.29. The lowest BCUT2D eigenvalue weighted by Gasteiger charge is -2.12. The van der Waals surface area contributed by atoms with Crippen LogP contribution in [0.4, 0.5) is 5.95 Å². The molecule has 9 heteroatoms. The zero-order valence-electron chi connectivity index (χ0n) is 17.1. The molecule has 0 amide bonds. The minimum atomic E-state index is -4.00. The maximum atomic E-state index is 12.7. The zero-order valence-corrected chi connectivity index (χ0v) is 18.0. The summed E-state index contributed by atoms with van der Waals surface area (Å²) in [6.45, 7) is 3.65. The Kier molecular flexibility index (Phi) is 6.12. The van der Waals surface area contributed by atoms with Crippen molar-refractivity contribution in [1.82, 2.24) is 9.97 Å². The number of aromatic amines is 1. The van der Waals surface area contributed by atoms with Gasteiger partial charge in [-0.3, -0.25) is 9.78 Å². The van der Waals surface area contributed by atoms with Crippen LogP contribution in [0.25, 0.3) is 0 Å². The van der Waals surface area contributed by atoms with Gasteiger partial charge in [0.25, 0.3) is 15.6 Å². The first-order valence-corrected chi connectivity index (χ1v) is 10.6. The van der Waals surface area contributed by atoms with Gasteiger partial charge >= 0.3 is 0 Å². The van der Waals surface area contributed by atoms with Gasteiger partial charge in [0.1, 0.15) is 0 Å². The summed E-state index contributed by atoms with van der Waals surface area (Å²) in [5.41, 5.74) is 2.61. The summed E-state index contributed by atoms with van der Waals surface area (Å²) in [5, 5.41) is 0. The van der Waals surface area contributed by atoms with Crippen LogP contribution in [0.3, 0.4) is 0 Å². The highest BCUT2D eigenvalue weighted by atomic mass is 32.2. The Bertz CT molecular complexity index is 1240. The predicted molar refractivity (Wildman–Crippen MR) is 114 cm³/mol. The van der Waals surface area contributed by atoms with Crippen molar-refractivity contribution in [2.75, 3.05) is 18.9 Å². The van der Waals surface area contributed by atoms with E-state index in [9.17, 15) is 13.2 Å². The van der Waals surface area contributed by atoms with Gasteiger partial charge in [-0.05, 0) is 37.1 Å². The normalized spacial score (nSPS) is 11.2. The number of hydrogen-bond donors (Lipinski definition) is 2. The van der Waals surface area contributed by atoms with E-state index in [1.165, 1.54) is 32.4 Å². The van der Waals surface area contributed by atoms with Gasteiger partial charge in [0, 0.05) is 18.1 Å². The molecular formula is C21H23N3O5S. The molecule has 3 rings (SSSR count). The highest BCUT2D eigenvalue weighted by Gasteiger charge is 2.19. The maximum absolute atomic E-state index is 12.7. The molecule has 0 fully saturated rings. The number of sulfonamides is 1. The summed E-state index contributed by atoms with van der Waals surface area (Å²) in [6.07, 6.45) is 0.406. The first kappa shape index (κ1) is 21.4. The van der Waals surface area contributed by atoms with Crippen LogP contribution >= 0.6 is 0 Å². The third-order valence-electron chi connectivity index (χ3n) is 4.75. The maximum Gasteiger partial charge on any atom is 0.264 e. The molecule has 1 aromatic heterocycles. The smallest absolute Gasteiger partial charge is 0.264 e. The summed E-state index contributed by atoms with van der Waals surface area (Å²) in [7, 11) is -1.13. The molecule has 1 heterocycles. The number of ether oxygens (including phenoxy) is 2. The Labute approximate surface area is 175 Å². The SMILES string of the molecule is COc1ccc(S(=O)(=O)Nc2nc(C)c(Cc3ccccc3C)c(=O)[nH]2)cc1OC. The molecule has 3 aromatic rings. The minimum Gasteiger partial charge on any atom is -0.493 e. The first-order chi connectivity index (χ1) is 14.2. The van der Waals surface area contributed by atoms with Crippen LogP contribution in [0.15, 0.2) is 52.2 Å². The molecule has 0 radical (unpaired) electrons. The van der Waals surface area contributed by atoms with E-state index in [-0.39, 0.29) is 16.6 Å². The van der Waals surface area contributed by atoms with Gasteiger partial charge < -0.3 is 9.47 Å². The standard InChI is InChI=1S/C21H23N3O5S/c1-13-7-5-6-8-15(13)11-17-14(2)22-21(23-20(17)25)24-30(26,27)16-9-10-18(28-3)19(12-16)29-4/h5-10,12H,11H2,1-4H3,(H2,22,23,24,25). The molecule has 0 spiro atoms. The molecule has 8 nitrogen and oxygen atoms in total. The number of benzene rings is 2. The number of rotatable bonds is 7. The lowest BCUT2D eigenvalue weighted by molar-refractivity contribution is 0.354. The summed E-state index contributed by atoms with van der Waals surface area (Å²) in [4.78, 5) is 19.3. The molecule has 0 bridgehead atoms. The second-order valence-electron chi connectivity index (χ2n) is 6.70. The van der Waals surface area contributed by atoms with E-state index in [4.69, 9.17) is 9.47 Å². The number of H-pyrrole nitrogens is 1. The molecule has 0 unspecified atom stereocenters. The van der Waals surface area contributed by atoms with E-state index >= 15 is 0 Å². The van der Waals surface area contributed by atoms with Crippen molar-refractivity contribution >= 4 is 16.0 Å². The molecule has 0 atom stereocenters. The first-order valence-electron chi connectivity index (χ1n) is 9.14. The van der Waals surface area contributed by atoms with Gasteiger partial charge in [0.05, 0.1) is 24.8 Å². The van der Waals surface area contributed by atoms with Crippen molar-refractivity contribution in [3.63, 3.8) is 0 Å². The fraction of sp³-hybridized carbons (Fsp3) is 0.238. The van der Waals surface area contributed by atoms with E-state index in [1.807, 2.05) is 31.2 Å². The van der Waals surface area contributed by atoms with Gasteiger partial charge in [0.15, 0.2) is 11.5 Å². The number of hydrogen-bond acceptors (Lipinski definition) is 6. The zero-order chi connectivity index (χ0) is 21.9. The largest absolute Gasteiger partial charge is 0.493 e. The molecule has 30 heavy (non-hydrogen) atoms. The van der Waals surface area contributed by atoms with Crippen LogP contribution in [-0.2, 0) is 16.4 Å². The van der Waals surface area contributed by atoms with Gasteiger partial charge in [-0.2, -0.15) is 0 Å². The third kappa shape index (κ3) is 4.46. The molecule has 2 N–H and O–H groups in total. The second-order valence-corrected chi connectivity index (χ2v) is 8.39. The summed E-state index contributed by atoms with van der Waals surface area (Å²) >= 11 is 0. The molecule has 0 aliphatic carbocycles. The van der Waals surface area contributed by atoms with Crippen molar-refractivity contribution in [3.05, 3.63) is 75.2 Å². The number of aromatic nitrogens is 2. The lowest BCUT2D eigenvalue weighted by Crippen LogP contribution is -2.22. The fourth-order valence-electron chi connectivity index (χ4n) is 3.04. The van der Waals surface area contributed by atoms with Crippen molar-refractivity contribution in [1.29, 1.82) is 0 Å². The van der Waals surface area contributed by atoms with Crippen LogP contribution in [0.1, 0.15) is 22.4 Å². The Morgan fingerprint density at radius 2 is 1.73 bits per heavy atom. The Morgan fingerprint density at radius 1 is 1.03 bits per heavy atom. The van der Waals surface area contributed by atoms with Crippen molar-refractivity contribution < 1.29 is 17.9 Å². The van der Waals surface area contributed by atoms with Crippen LogP contribution in [0.2, 0.25) is 0 Å². The molecule has 0 saturated heterocycles. The number of methoxy groups -OCH3 is 2. The van der Waals surface area contributed by atoms with Gasteiger partial charge in [0.2, 0.25) is 5.95 Å². The highest BCUT2D eigenvalue weighted by molar-refractivity contribution is 7.92. The van der Waals surface area contributed by atoms with Crippen molar-refractivity contribution in [2.24, 2.45) is 0 Å². The Hall–Kier alpha value is -3.33.